The minimum absolute atomic E-state index is 0.0278. The third-order valence-electron chi connectivity index (χ3n) is 3.37. The monoisotopic (exact) mass is 350 g/mol. The standard InChI is InChI=1S/C19H30N2O4/c1-19(2,3)25-18(24)21-12-10-17(23)15-8-7-9-16(14-15)20-11-5-4-6-13-22/h7-9,14,20,22H,4-6,10-13H2,1-3H3,(H,21,24). The van der Waals surface area contributed by atoms with Crippen LogP contribution in [-0.2, 0) is 4.74 Å². The number of anilines is 1. The van der Waals surface area contributed by atoms with Gasteiger partial charge >= 0.3 is 6.09 Å². The molecule has 0 fully saturated rings. The molecule has 0 spiro atoms. The highest BCUT2D eigenvalue weighted by Gasteiger charge is 2.16. The summed E-state index contributed by atoms with van der Waals surface area (Å²) in [6, 6.07) is 7.35. The van der Waals surface area contributed by atoms with Crippen molar-refractivity contribution in [3.05, 3.63) is 29.8 Å². The number of unbranched alkanes of at least 4 members (excludes halogenated alkanes) is 2. The maximum absolute atomic E-state index is 12.2. The van der Waals surface area contributed by atoms with Crippen molar-refractivity contribution in [1.29, 1.82) is 0 Å². The molecular weight excluding hydrogens is 320 g/mol. The van der Waals surface area contributed by atoms with Gasteiger partial charge in [0.15, 0.2) is 5.78 Å². The summed E-state index contributed by atoms with van der Waals surface area (Å²) < 4.78 is 5.13. The zero-order chi connectivity index (χ0) is 18.7. The second kappa shape index (κ2) is 10.7. The van der Waals surface area contributed by atoms with E-state index in [1.54, 1.807) is 26.8 Å². The van der Waals surface area contributed by atoms with Gasteiger partial charge in [-0.05, 0) is 52.2 Å². The van der Waals surface area contributed by atoms with Crippen LogP contribution in [0.1, 0.15) is 56.8 Å². The van der Waals surface area contributed by atoms with Crippen molar-refractivity contribution < 1.29 is 19.4 Å². The number of hydrogen-bond acceptors (Lipinski definition) is 5. The van der Waals surface area contributed by atoms with E-state index in [4.69, 9.17) is 9.84 Å². The van der Waals surface area contributed by atoms with Gasteiger partial charge in [-0.3, -0.25) is 4.79 Å². The fourth-order valence-electron chi connectivity index (χ4n) is 2.19. The van der Waals surface area contributed by atoms with Gasteiger partial charge in [-0.15, -0.1) is 0 Å². The number of rotatable bonds is 10. The first kappa shape index (κ1) is 21.0. The summed E-state index contributed by atoms with van der Waals surface area (Å²) >= 11 is 0. The molecule has 25 heavy (non-hydrogen) atoms. The van der Waals surface area contributed by atoms with Crippen molar-refractivity contribution in [3.63, 3.8) is 0 Å². The predicted molar refractivity (Wildman–Crippen MR) is 99.1 cm³/mol. The summed E-state index contributed by atoms with van der Waals surface area (Å²) in [6.07, 6.45) is 2.46. The quantitative estimate of drug-likeness (QED) is 0.445. The number of aliphatic hydroxyl groups excluding tert-OH is 1. The Morgan fingerprint density at radius 3 is 2.56 bits per heavy atom. The minimum Gasteiger partial charge on any atom is -0.444 e. The Kier molecular flexibility index (Phi) is 8.99. The van der Waals surface area contributed by atoms with Crippen LogP contribution in [0.5, 0.6) is 0 Å². The Bertz CT molecular complexity index is 553. The van der Waals surface area contributed by atoms with E-state index in [0.29, 0.717) is 5.56 Å². The van der Waals surface area contributed by atoms with E-state index in [-0.39, 0.29) is 25.4 Å². The molecule has 1 amide bonds. The average molecular weight is 350 g/mol. The molecule has 0 aliphatic rings. The summed E-state index contributed by atoms with van der Waals surface area (Å²) in [5.41, 5.74) is 0.965. The molecule has 0 saturated heterocycles. The number of ketones is 1. The summed E-state index contributed by atoms with van der Waals surface area (Å²) in [7, 11) is 0. The molecule has 1 aromatic rings. The van der Waals surface area contributed by atoms with Crippen LogP contribution < -0.4 is 10.6 Å². The number of alkyl carbamates (subject to hydrolysis) is 1. The van der Waals surface area contributed by atoms with Crippen LogP contribution in [0.15, 0.2) is 24.3 Å². The highest BCUT2D eigenvalue weighted by molar-refractivity contribution is 5.97. The summed E-state index contributed by atoms with van der Waals surface area (Å²) in [5, 5.41) is 14.6. The SMILES string of the molecule is CC(C)(C)OC(=O)NCCC(=O)c1cccc(NCCCCCO)c1. The zero-order valence-electron chi connectivity index (χ0n) is 15.4. The summed E-state index contributed by atoms with van der Waals surface area (Å²) in [6.45, 7) is 6.64. The first-order chi connectivity index (χ1) is 11.8. The van der Waals surface area contributed by atoms with Gasteiger partial charge < -0.3 is 20.5 Å². The van der Waals surface area contributed by atoms with Crippen molar-refractivity contribution in [2.45, 2.75) is 52.1 Å². The molecule has 0 aliphatic carbocycles. The van der Waals surface area contributed by atoms with Crippen molar-refractivity contribution in [3.8, 4) is 0 Å². The molecule has 0 unspecified atom stereocenters. The van der Waals surface area contributed by atoms with E-state index in [9.17, 15) is 9.59 Å². The van der Waals surface area contributed by atoms with Crippen molar-refractivity contribution >= 4 is 17.6 Å². The zero-order valence-corrected chi connectivity index (χ0v) is 15.4. The van der Waals surface area contributed by atoms with Crippen LogP contribution in [0, 0.1) is 0 Å². The minimum atomic E-state index is -0.550. The van der Waals surface area contributed by atoms with Crippen LogP contribution in [0.2, 0.25) is 0 Å². The van der Waals surface area contributed by atoms with Crippen LogP contribution in [-0.4, -0.2) is 42.3 Å². The van der Waals surface area contributed by atoms with Gasteiger partial charge in [0.25, 0.3) is 0 Å². The van der Waals surface area contributed by atoms with Crippen LogP contribution >= 0.6 is 0 Å². The fraction of sp³-hybridized carbons (Fsp3) is 0.579. The summed E-state index contributed by atoms with van der Waals surface area (Å²) in [5.74, 6) is -0.0278. The molecule has 3 N–H and O–H groups in total. The number of carbonyl (C=O) groups is 2. The third-order valence-corrected chi connectivity index (χ3v) is 3.37. The molecule has 0 aromatic heterocycles. The number of hydrogen-bond donors (Lipinski definition) is 3. The molecule has 1 aromatic carbocycles. The normalized spacial score (nSPS) is 11.0. The molecule has 140 valence electrons. The molecule has 1 rings (SSSR count). The van der Waals surface area contributed by atoms with Gasteiger partial charge in [-0.2, -0.15) is 0 Å². The van der Waals surface area contributed by atoms with Gasteiger partial charge in [0.1, 0.15) is 5.60 Å². The molecule has 6 heteroatoms. The first-order valence-electron chi connectivity index (χ1n) is 8.76. The molecule has 0 aliphatic heterocycles. The second-order valence-electron chi connectivity index (χ2n) is 6.89. The summed E-state index contributed by atoms with van der Waals surface area (Å²) in [4.78, 5) is 23.8. The van der Waals surface area contributed by atoms with E-state index in [1.165, 1.54) is 0 Å². The molecule has 0 radical (unpaired) electrons. The fourth-order valence-corrected chi connectivity index (χ4v) is 2.19. The van der Waals surface area contributed by atoms with Gasteiger partial charge in [-0.25, -0.2) is 4.79 Å². The average Bonchev–Trinajstić information content (AvgIpc) is 2.53. The lowest BCUT2D eigenvalue weighted by molar-refractivity contribution is 0.0527. The maximum Gasteiger partial charge on any atom is 0.407 e. The number of Topliss-reactive ketones (excluding diaryl/α,β-unsaturated/α-hetero) is 1. The topological polar surface area (TPSA) is 87.7 Å². The van der Waals surface area contributed by atoms with Gasteiger partial charge in [-0.1, -0.05) is 12.1 Å². The molecular formula is C19H30N2O4. The first-order valence-corrected chi connectivity index (χ1v) is 8.76. The highest BCUT2D eigenvalue weighted by atomic mass is 16.6. The van der Waals surface area contributed by atoms with Gasteiger partial charge in [0.2, 0.25) is 0 Å². The number of benzene rings is 1. The Morgan fingerprint density at radius 1 is 1.12 bits per heavy atom. The van der Waals surface area contributed by atoms with Gasteiger partial charge in [0.05, 0.1) is 0 Å². The Labute approximate surface area is 150 Å². The lowest BCUT2D eigenvalue weighted by atomic mass is 10.1. The third kappa shape index (κ3) is 9.72. The molecule has 0 bridgehead atoms. The number of aliphatic hydroxyl groups is 1. The Balaban J connectivity index is 2.38. The van der Waals surface area contributed by atoms with E-state index in [2.05, 4.69) is 10.6 Å². The van der Waals surface area contributed by atoms with E-state index < -0.39 is 11.7 Å². The van der Waals surface area contributed by atoms with Crippen molar-refractivity contribution in [1.82, 2.24) is 5.32 Å². The smallest absolute Gasteiger partial charge is 0.407 e. The van der Waals surface area contributed by atoms with Crippen molar-refractivity contribution in [2.75, 3.05) is 25.0 Å². The number of carbonyl (C=O) groups excluding carboxylic acids is 2. The van der Waals surface area contributed by atoms with E-state index in [0.717, 1.165) is 31.5 Å². The van der Waals surface area contributed by atoms with Gasteiger partial charge in [0, 0.05) is 37.4 Å². The predicted octanol–water partition coefficient (Wildman–Crippen LogP) is 3.36. The lowest BCUT2D eigenvalue weighted by Crippen LogP contribution is -2.33. The van der Waals surface area contributed by atoms with Crippen LogP contribution in [0.4, 0.5) is 10.5 Å². The number of ether oxygens (including phenoxy) is 1. The molecule has 0 saturated carbocycles. The van der Waals surface area contributed by atoms with E-state index >= 15 is 0 Å². The molecule has 0 heterocycles. The van der Waals surface area contributed by atoms with Crippen LogP contribution in [0.3, 0.4) is 0 Å². The van der Waals surface area contributed by atoms with E-state index in [1.807, 2.05) is 18.2 Å². The highest BCUT2D eigenvalue weighted by Crippen LogP contribution is 2.13. The van der Waals surface area contributed by atoms with Crippen LogP contribution in [0.25, 0.3) is 0 Å². The number of nitrogens with one attached hydrogen (secondary N) is 2. The maximum atomic E-state index is 12.2. The number of amides is 1. The van der Waals surface area contributed by atoms with Crippen molar-refractivity contribution in [2.24, 2.45) is 0 Å². The second-order valence-corrected chi connectivity index (χ2v) is 6.89. The largest absolute Gasteiger partial charge is 0.444 e. The molecule has 0 atom stereocenters. The Hall–Kier alpha value is -2.08. The molecule has 6 nitrogen and oxygen atoms in total. The Morgan fingerprint density at radius 2 is 1.88 bits per heavy atom. The lowest BCUT2D eigenvalue weighted by Gasteiger charge is -2.19.